The molecule has 2 aromatic rings. The molecular weight excluding hydrogens is 279 g/mol. The molecule has 0 fully saturated rings. The molecule has 0 radical (unpaired) electrons. The molecule has 0 saturated heterocycles. The molecule has 2 nitrogen and oxygen atoms in total. The van der Waals surface area contributed by atoms with Crippen LogP contribution >= 0.6 is 0 Å². The summed E-state index contributed by atoms with van der Waals surface area (Å²) >= 11 is 0. The average Bonchev–Trinajstić information content (AvgIpc) is 2.44. The molecule has 0 aliphatic heterocycles. The highest BCUT2D eigenvalue weighted by Crippen LogP contribution is 2.29. The maximum absolute atomic E-state index is 13.5. The van der Waals surface area contributed by atoms with E-state index in [-0.39, 0.29) is 24.1 Å². The Balaban J connectivity index is 2.29. The topological polar surface area (TPSA) is 26.3 Å². The molecule has 2 aromatic carbocycles. The van der Waals surface area contributed by atoms with Crippen LogP contribution in [0.1, 0.15) is 44.2 Å². The quantitative estimate of drug-likeness (QED) is 0.766. The highest BCUT2D eigenvalue weighted by molar-refractivity contribution is 5.72. The van der Waals surface area contributed by atoms with Crippen molar-refractivity contribution in [2.45, 2.75) is 38.7 Å². The summed E-state index contributed by atoms with van der Waals surface area (Å²) in [4.78, 5) is 12.2. The average molecular weight is 300 g/mol. The van der Waals surface area contributed by atoms with Gasteiger partial charge in [-0.05, 0) is 44.0 Å². The van der Waals surface area contributed by atoms with E-state index in [1.54, 1.807) is 6.07 Å². The van der Waals surface area contributed by atoms with E-state index in [2.05, 4.69) is 0 Å². The Hall–Kier alpha value is -2.16. The van der Waals surface area contributed by atoms with E-state index >= 15 is 0 Å². The zero-order valence-electron chi connectivity index (χ0n) is 13.2. The number of carbonyl (C=O) groups excluding carboxylic acids is 1. The van der Waals surface area contributed by atoms with E-state index in [0.29, 0.717) is 0 Å². The predicted molar refractivity (Wildman–Crippen MR) is 85.1 cm³/mol. The second-order valence-electron chi connectivity index (χ2n) is 6.31. The number of halogens is 1. The monoisotopic (exact) mass is 300 g/mol. The molecule has 0 bridgehead atoms. The fourth-order valence-corrected chi connectivity index (χ4v) is 2.39. The number of carbonyl (C=O) groups is 1. The lowest BCUT2D eigenvalue weighted by molar-refractivity contribution is -0.155. The molecule has 0 amide bonds. The lowest BCUT2D eigenvalue weighted by atomic mass is 9.88. The van der Waals surface area contributed by atoms with Gasteiger partial charge in [-0.2, -0.15) is 0 Å². The van der Waals surface area contributed by atoms with Crippen LogP contribution in [0.3, 0.4) is 0 Å². The summed E-state index contributed by atoms with van der Waals surface area (Å²) in [5.41, 5.74) is 1.22. The van der Waals surface area contributed by atoms with Gasteiger partial charge in [0.15, 0.2) is 0 Å². The third-order valence-corrected chi connectivity index (χ3v) is 3.24. The number of esters is 1. The van der Waals surface area contributed by atoms with Gasteiger partial charge < -0.3 is 4.74 Å². The first kappa shape index (κ1) is 16.2. The standard InChI is InChI=1S/C19H21FO2/c1-19(2,3)22-18(21)13-17(14-8-5-4-6-9-14)15-10-7-11-16(20)12-15/h4-12,17H,13H2,1-3H3/t17-/m0/s1. The summed E-state index contributed by atoms with van der Waals surface area (Å²) in [5, 5.41) is 0. The molecule has 0 aliphatic rings. The minimum absolute atomic E-state index is 0.185. The van der Waals surface area contributed by atoms with Crippen LogP contribution < -0.4 is 0 Å². The van der Waals surface area contributed by atoms with Crippen LogP contribution in [-0.4, -0.2) is 11.6 Å². The zero-order chi connectivity index (χ0) is 16.2. The van der Waals surface area contributed by atoms with Crippen molar-refractivity contribution in [3.8, 4) is 0 Å². The summed E-state index contributed by atoms with van der Waals surface area (Å²) < 4.78 is 18.9. The lowest BCUT2D eigenvalue weighted by Gasteiger charge is -2.23. The molecule has 0 aromatic heterocycles. The van der Waals surface area contributed by atoms with Gasteiger partial charge in [-0.15, -0.1) is 0 Å². The number of hydrogen-bond donors (Lipinski definition) is 0. The molecule has 116 valence electrons. The van der Waals surface area contributed by atoms with E-state index < -0.39 is 5.60 Å². The molecule has 1 atom stereocenters. The Morgan fingerprint density at radius 2 is 1.68 bits per heavy atom. The smallest absolute Gasteiger partial charge is 0.307 e. The predicted octanol–water partition coefficient (Wildman–Crippen LogP) is 4.69. The molecule has 0 saturated carbocycles. The molecule has 0 aliphatic carbocycles. The van der Waals surface area contributed by atoms with Gasteiger partial charge in [0.2, 0.25) is 0 Å². The van der Waals surface area contributed by atoms with E-state index in [9.17, 15) is 9.18 Å². The van der Waals surface area contributed by atoms with Crippen molar-refractivity contribution in [2.24, 2.45) is 0 Å². The maximum atomic E-state index is 13.5. The van der Waals surface area contributed by atoms with Crippen molar-refractivity contribution < 1.29 is 13.9 Å². The Kier molecular flexibility index (Phi) is 4.96. The van der Waals surface area contributed by atoms with Gasteiger partial charge in [0, 0.05) is 5.92 Å². The molecule has 22 heavy (non-hydrogen) atoms. The summed E-state index contributed by atoms with van der Waals surface area (Å²) in [5.74, 6) is -0.806. The maximum Gasteiger partial charge on any atom is 0.307 e. The first-order chi connectivity index (χ1) is 10.3. The molecule has 3 heteroatoms. The summed E-state index contributed by atoms with van der Waals surface area (Å²) in [6.07, 6.45) is 0.185. The Morgan fingerprint density at radius 3 is 2.27 bits per heavy atom. The van der Waals surface area contributed by atoms with Crippen LogP contribution in [0.4, 0.5) is 4.39 Å². The number of hydrogen-bond acceptors (Lipinski definition) is 2. The fraction of sp³-hybridized carbons (Fsp3) is 0.316. The third kappa shape index (κ3) is 4.69. The molecule has 0 heterocycles. The van der Waals surface area contributed by atoms with Gasteiger partial charge in [0.1, 0.15) is 11.4 Å². The summed E-state index contributed by atoms with van der Waals surface area (Å²) in [7, 11) is 0. The Bertz CT molecular complexity index is 629. The molecule has 2 rings (SSSR count). The van der Waals surface area contributed by atoms with Crippen LogP contribution in [0.15, 0.2) is 54.6 Å². The van der Waals surface area contributed by atoms with Gasteiger partial charge in [-0.3, -0.25) is 4.79 Å². The normalized spacial score (nSPS) is 12.7. The molecule has 0 spiro atoms. The molecule has 0 N–H and O–H groups in total. The van der Waals surface area contributed by atoms with Gasteiger partial charge in [0.05, 0.1) is 6.42 Å². The Labute approximate surface area is 130 Å². The first-order valence-electron chi connectivity index (χ1n) is 7.37. The first-order valence-corrected chi connectivity index (χ1v) is 7.37. The second kappa shape index (κ2) is 6.73. The second-order valence-corrected chi connectivity index (χ2v) is 6.31. The zero-order valence-corrected chi connectivity index (χ0v) is 13.2. The molecular formula is C19H21FO2. The SMILES string of the molecule is CC(C)(C)OC(=O)C[C@@H](c1ccccc1)c1cccc(F)c1. The highest BCUT2D eigenvalue weighted by Gasteiger charge is 2.23. The highest BCUT2D eigenvalue weighted by atomic mass is 19.1. The Morgan fingerprint density at radius 1 is 1.05 bits per heavy atom. The van der Waals surface area contributed by atoms with E-state index in [1.807, 2.05) is 57.2 Å². The van der Waals surface area contributed by atoms with Gasteiger partial charge >= 0.3 is 5.97 Å². The minimum Gasteiger partial charge on any atom is -0.460 e. The number of benzene rings is 2. The van der Waals surface area contributed by atoms with E-state index in [0.717, 1.165) is 11.1 Å². The van der Waals surface area contributed by atoms with Crippen molar-refractivity contribution >= 4 is 5.97 Å². The van der Waals surface area contributed by atoms with Crippen molar-refractivity contribution in [1.29, 1.82) is 0 Å². The lowest BCUT2D eigenvalue weighted by Crippen LogP contribution is -2.25. The van der Waals surface area contributed by atoms with Crippen LogP contribution in [0.25, 0.3) is 0 Å². The third-order valence-electron chi connectivity index (χ3n) is 3.24. The van der Waals surface area contributed by atoms with Crippen molar-refractivity contribution in [3.63, 3.8) is 0 Å². The summed E-state index contributed by atoms with van der Waals surface area (Å²) in [6.45, 7) is 5.51. The van der Waals surface area contributed by atoms with Crippen LogP contribution in [0.2, 0.25) is 0 Å². The van der Waals surface area contributed by atoms with Crippen LogP contribution in [0.5, 0.6) is 0 Å². The minimum atomic E-state index is -0.528. The van der Waals surface area contributed by atoms with Gasteiger partial charge in [0.25, 0.3) is 0 Å². The summed E-state index contributed by atoms with van der Waals surface area (Å²) in [6, 6.07) is 16.0. The molecule has 0 unspecified atom stereocenters. The van der Waals surface area contributed by atoms with E-state index in [1.165, 1.54) is 12.1 Å². The van der Waals surface area contributed by atoms with Gasteiger partial charge in [-0.25, -0.2) is 4.39 Å². The number of rotatable bonds is 4. The largest absolute Gasteiger partial charge is 0.460 e. The van der Waals surface area contributed by atoms with Crippen molar-refractivity contribution in [2.75, 3.05) is 0 Å². The number of ether oxygens (including phenoxy) is 1. The van der Waals surface area contributed by atoms with Crippen molar-refractivity contribution in [1.82, 2.24) is 0 Å². The van der Waals surface area contributed by atoms with Gasteiger partial charge in [-0.1, -0.05) is 42.5 Å². The van der Waals surface area contributed by atoms with E-state index in [4.69, 9.17) is 4.74 Å². The van der Waals surface area contributed by atoms with Crippen LogP contribution in [0, 0.1) is 5.82 Å². The van der Waals surface area contributed by atoms with Crippen LogP contribution in [-0.2, 0) is 9.53 Å². The van der Waals surface area contributed by atoms with Crippen molar-refractivity contribution in [3.05, 3.63) is 71.5 Å². The fourth-order valence-electron chi connectivity index (χ4n) is 2.39.